The first-order valence-electron chi connectivity index (χ1n) is 7.39. The first kappa shape index (κ1) is 13.6. The van der Waals surface area contributed by atoms with E-state index in [1.165, 1.54) is 12.8 Å². The maximum absolute atomic E-state index is 14.0. The van der Waals surface area contributed by atoms with Gasteiger partial charge in [-0.2, -0.15) is 0 Å². The van der Waals surface area contributed by atoms with E-state index in [1.807, 2.05) is 23.9 Å². The molecule has 0 saturated carbocycles. The van der Waals surface area contributed by atoms with Gasteiger partial charge in [0.2, 0.25) is 0 Å². The summed E-state index contributed by atoms with van der Waals surface area (Å²) in [6.45, 7) is 4.00. The Kier molecular flexibility index (Phi) is 4.03. The van der Waals surface area contributed by atoms with Crippen LogP contribution in [0.3, 0.4) is 0 Å². The predicted molar refractivity (Wildman–Crippen MR) is 80.2 cm³/mol. The maximum Gasteiger partial charge on any atom is 0.132 e. The van der Waals surface area contributed by atoms with Crippen LogP contribution in [0, 0.1) is 11.7 Å². The van der Waals surface area contributed by atoms with Crippen molar-refractivity contribution in [2.45, 2.75) is 19.4 Å². The first-order chi connectivity index (χ1) is 9.75. The molecule has 0 aliphatic carbocycles. The Labute approximate surface area is 119 Å². The highest BCUT2D eigenvalue weighted by Gasteiger charge is 2.14. The lowest BCUT2D eigenvalue weighted by Gasteiger charge is -2.22. The molecule has 3 nitrogen and oxygen atoms in total. The minimum absolute atomic E-state index is 0.123. The number of halogens is 1. The lowest BCUT2D eigenvalue weighted by Crippen LogP contribution is -2.33. The van der Waals surface area contributed by atoms with Crippen molar-refractivity contribution in [1.82, 2.24) is 15.2 Å². The summed E-state index contributed by atoms with van der Waals surface area (Å²) in [5, 5.41) is 7.63. The molecule has 1 aromatic heterocycles. The number of benzene rings is 1. The van der Waals surface area contributed by atoms with E-state index in [0.717, 1.165) is 48.6 Å². The monoisotopic (exact) mass is 275 g/mol. The van der Waals surface area contributed by atoms with E-state index in [-0.39, 0.29) is 5.82 Å². The van der Waals surface area contributed by atoms with Crippen LogP contribution in [0.4, 0.5) is 4.39 Å². The van der Waals surface area contributed by atoms with E-state index in [2.05, 4.69) is 10.6 Å². The van der Waals surface area contributed by atoms with Crippen LogP contribution in [-0.2, 0) is 13.6 Å². The van der Waals surface area contributed by atoms with Crippen LogP contribution >= 0.6 is 0 Å². The van der Waals surface area contributed by atoms with Gasteiger partial charge in [-0.25, -0.2) is 4.39 Å². The molecule has 108 valence electrons. The Morgan fingerprint density at radius 2 is 2.15 bits per heavy atom. The van der Waals surface area contributed by atoms with Crippen LogP contribution in [0.25, 0.3) is 10.9 Å². The molecular weight excluding hydrogens is 253 g/mol. The lowest BCUT2D eigenvalue weighted by atomic mass is 9.98. The van der Waals surface area contributed by atoms with Crippen LogP contribution in [0.5, 0.6) is 0 Å². The van der Waals surface area contributed by atoms with E-state index >= 15 is 0 Å². The minimum atomic E-state index is -0.123. The van der Waals surface area contributed by atoms with Gasteiger partial charge < -0.3 is 15.2 Å². The van der Waals surface area contributed by atoms with Gasteiger partial charge in [0.15, 0.2) is 0 Å². The minimum Gasteiger partial charge on any atom is -0.350 e. The van der Waals surface area contributed by atoms with E-state index in [0.29, 0.717) is 0 Å². The second kappa shape index (κ2) is 5.94. The van der Waals surface area contributed by atoms with Gasteiger partial charge in [-0.15, -0.1) is 0 Å². The molecule has 0 atom stereocenters. The molecular formula is C16H22FN3. The number of aromatic nitrogens is 1. The molecule has 3 rings (SSSR count). The SMILES string of the molecule is Cn1cc(CNCC2CCNCC2)c2c(F)cccc21. The van der Waals surface area contributed by atoms with Gasteiger partial charge in [0.05, 0.1) is 5.52 Å². The fourth-order valence-corrected chi connectivity index (χ4v) is 3.12. The van der Waals surface area contributed by atoms with Crippen LogP contribution in [0.15, 0.2) is 24.4 Å². The van der Waals surface area contributed by atoms with Gasteiger partial charge in [0.25, 0.3) is 0 Å². The number of rotatable bonds is 4. The molecule has 0 amide bonds. The number of hydrogen-bond acceptors (Lipinski definition) is 2. The summed E-state index contributed by atoms with van der Waals surface area (Å²) >= 11 is 0. The summed E-state index contributed by atoms with van der Waals surface area (Å²) in [6.07, 6.45) is 4.50. The molecule has 1 aliphatic heterocycles. The normalized spacial score (nSPS) is 16.9. The van der Waals surface area contributed by atoms with Crippen LogP contribution in [0.1, 0.15) is 18.4 Å². The molecule has 20 heavy (non-hydrogen) atoms. The molecule has 1 fully saturated rings. The molecule has 2 aromatic rings. The summed E-state index contributed by atoms with van der Waals surface area (Å²) in [5.41, 5.74) is 2.01. The third-order valence-corrected chi connectivity index (χ3v) is 4.25. The van der Waals surface area contributed by atoms with Gasteiger partial charge in [-0.3, -0.25) is 0 Å². The summed E-state index contributed by atoms with van der Waals surface area (Å²) in [6, 6.07) is 5.28. The van der Waals surface area contributed by atoms with E-state index in [4.69, 9.17) is 0 Å². The molecule has 4 heteroatoms. The molecule has 0 unspecified atom stereocenters. The summed E-state index contributed by atoms with van der Waals surface area (Å²) < 4.78 is 16.0. The molecule has 2 heterocycles. The lowest BCUT2D eigenvalue weighted by molar-refractivity contribution is 0.356. The maximum atomic E-state index is 14.0. The van der Waals surface area contributed by atoms with Gasteiger partial charge in [0, 0.05) is 25.2 Å². The Morgan fingerprint density at radius 3 is 2.95 bits per heavy atom. The largest absolute Gasteiger partial charge is 0.350 e. The third kappa shape index (κ3) is 2.72. The first-order valence-corrected chi connectivity index (χ1v) is 7.39. The molecule has 2 N–H and O–H groups in total. The van der Waals surface area contributed by atoms with Gasteiger partial charge in [-0.05, 0) is 56.1 Å². The second-order valence-electron chi connectivity index (χ2n) is 5.72. The number of aryl methyl sites for hydroxylation is 1. The Bertz CT molecular complexity index is 585. The number of nitrogens with zero attached hydrogens (tertiary/aromatic N) is 1. The van der Waals surface area contributed by atoms with Gasteiger partial charge in [-0.1, -0.05) is 6.07 Å². The molecule has 0 radical (unpaired) electrons. The number of hydrogen-bond donors (Lipinski definition) is 2. The van der Waals surface area contributed by atoms with E-state index < -0.39 is 0 Å². The zero-order valence-corrected chi connectivity index (χ0v) is 12.0. The van der Waals surface area contributed by atoms with Crippen molar-refractivity contribution in [1.29, 1.82) is 0 Å². The number of fused-ring (bicyclic) bond motifs is 1. The number of nitrogens with one attached hydrogen (secondary N) is 2. The van der Waals surface area contributed by atoms with Gasteiger partial charge in [0.1, 0.15) is 5.82 Å². The van der Waals surface area contributed by atoms with E-state index in [9.17, 15) is 4.39 Å². The Morgan fingerprint density at radius 1 is 1.35 bits per heavy atom. The predicted octanol–water partition coefficient (Wildman–Crippen LogP) is 2.41. The highest BCUT2D eigenvalue weighted by atomic mass is 19.1. The topological polar surface area (TPSA) is 29.0 Å². The average Bonchev–Trinajstić information content (AvgIpc) is 2.78. The summed E-state index contributed by atoms with van der Waals surface area (Å²) in [7, 11) is 1.97. The van der Waals surface area contributed by atoms with Crippen molar-refractivity contribution < 1.29 is 4.39 Å². The third-order valence-electron chi connectivity index (χ3n) is 4.25. The molecule has 0 bridgehead atoms. The fraction of sp³-hybridized carbons (Fsp3) is 0.500. The molecule has 0 spiro atoms. The second-order valence-corrected chi connectivity index (χ2v) is 5.72. The van der Waals surface area contributed by atoms with Crippen molar-refractivity contribution in [2.24, 2.45) is 13.0 Å². The fourth-order valence-electron chi connectivity index (χ4n) is 3.12. The highest BCUT2D eigenvalue weighted by Crippen LogP contribution is 2.23. The van der Waals surface area contributed by atoms with Crippen LogP contribution in [0.2, 0.25) is 0 Å². The molecule has 1 aromatic carbocycles. The highest BCUT2D eigenvalue weighted by molar-refractivity contribution is 5.84. The van der Waals surface area contributed by atoms with Gasteiger partial charge >= 0.3 is 0 Å². The Hall–Kier alpha value is -1.39. The number of piperidine rings is 1. The smallest absolute Gasteiger partial charge is 0.132 e. The van der Waals surface area contributed by atoms with Crippen molar-refractivity contribution in [3.8, 4) is 0 Å². The summed E-state index contributed by atoms with van der Waals surface area (Å²) in [4.78, 5) is 0. The Balaban J connectivity index is 1.68. The quantitative estimate of drug-likeness (QED) is 0.897. The van der Waals surface area contributed by atoms with Crippen molar-refractivity contribution >= 4 is 10.9 Å². The summed E-state index contributed by atoms with van der Waals surface area (Å²) in [5.74, 6) is 0.623. The molecule has 1 aliphatic rings. The van der Waals surface area contributed by atoms with Crippen molar-refractivity contribution in [3.05, 3.63) is 35.8 Å². The zero-order chi connectivity index (χ0) is 13.9. The van der Waals surface area contributed by atoms with Crippen LogP contribution in [-0.4, -0.2) is 24.2 Å². The zero-order valence-electron chi connectivity index (χ0n) is 12.0. The van der Waals surface area contributed by atoms with Crippen LogP contribution < -0.4 is 10.6 Å². The van der Waals surface area contributed by atoms with Crippen molar-refractivity contribution in [2.75, 3.05) is 19.6 Å². The average molecular weight is 275 g/mol. The van der Waals surface area contributed by atoms with E-state index in [1.54, 1.807) is 12.1 Å². The van der Waals surface area contributed by atoms with Crippen molar-refractivity contribution in [3.63, 3.8) is 0 Å². The molecule has 1 saturated heterocycles. The standard InChI is InChI=1S/C16H22FN3/c1-20-11-13(16-14(17)3-2-4-15(16)20)10-19-9-12-5-7-18-8-6-12/h2-4,11-12,18-19H,5-10H2,1H3.